The molecule has 6 nitrogen and oxygen atoms in total. The lowest BCUT2D eigenvalue weighted by Crippen LogP contribution is -2.38. The normalized spacial score (nSPS) is 24.9. The number of anilines is 1. The first kappa shape index (κ1) is 13.7. The summed E-state index contributed by atoms with van der Waals surface area (Å²) in [6.07, 6.45) is 6.62. The Morgan fingerprint density at radius 2 is 1.71 bits per heavy atom. The molecule has 1 aliphatic heterocycles. The van der Waals surface area contributed by atoms with E-state index in [1.165, 1.54) is 0 Å². The number of pyridine rings is 1. The highest BCUT2D eigenvalue weighted by Crippen LogP contribution is 2.37. The molecule has 2 aliphatic rings. The molecule has 21 heavy (non-hydrogen) atoms. The van der Waals surface area contributed by atoms with Crippen LogP contribution in [0.4, 0.5) is 5.69 Å². The first-order valence-corrected chi connectivity index (χ1v) is 7.22. The van der Waals surface area contributed by atoms with E-state index in [0.29, 0.717) is 5.69 Å². The van der Waals surface area contributed by atoms with Crippen molar-refractivity contribution in [2.45, 2.75) is 25.7 Å². The van der Waals surface area contributed by atoms with E-state index in [1.54, 1.807) is 24.5 Å². The topological polar surface area (TPSA) is 79.4 Å². The van der Waals surface area contributed by atoms with Gasteiger partial charge in [0.15, 0.2) is 0 Å². The van der Waals surface area contributed by atoms with Crippen LogP contribution in [0.25, 0.3) is 0 Å². The van der Waals surface area contributed by atoms with Crippen LogP contribution in [0.15, 0.2) is 24.5 Å². The van der Waals surface area contributed by atoms with Gasteiger partial charge in [-0.05, 0) is 25.0 Å². The number of likely N-dealkylation sites (tertiary alicyclic amines) is 1. The van der Waals surface area contributed by atoms with Crippen molar-refractivity contribution in [3.8, 4) is 0 Å². The van der Waals surface area contributed by atoms with E-state index in [2.05, 4.69) is 10.3 Å². The Balaban J connectivity index is 1.66. The van der Waals surface area contributed by atoms with Crippen molar-refractivity contribution in [1.29, 1.82) is 0 Å². The molecule has 1 aliphatic carbocycles. The number of imide groups is 1. The Bertz CT molecular complexity index is 549. The molecule has 3 rings (SSSR count). The van der Waals surface area contributed by atoms with E-state index >= 15 is 0 Å². The van der Waals surface area contributed by atoms with Gasteiger partial charge < -0.3 is 5.32 Å². The Labute approximate surface area is 122 Å². The molecule has 1 N–H and O–H groups in total. The van der Waals surface area contributed by atoms with Crippen molar-refractivity contribution in [2.24, 2.45) is 11.8 Å². The van der Waals surface area contributed by atoms with Crippen molar-refractivity contribution >= 4 is 23.4 Å². The van der Waals surface area contributed by atoms with Gasteiger partial charge in [0, 0.05) is 18.1 Å². The molecule has 110 valence electrons. The van der Waals surface area contributed by atoms with Gasteiger partial charge in [0.05, 0.1) is 11.8 Å². The van der Waals surface area contributed by atoms with Crippen molar-refractivity contribution < 1.29 is 14.4 Å². The van der Waals surface area contributed by atoms with Crippen LogP contribution in [0.1, 0.15) is 25.7 Å². The number of carbonyl (C=O) groups excluding carboxylic acids is 3. The summed E-state index contributed by atoms with van der Waals surface area (Å²) in [6.45, 7) is -0.201. The summed E-state index contributed by atoms with van der Waals surface area (Å²) < 4.78 is 0. The lowest BCUT2D eigenvalue weighted by Gasteiger charge is -2.19. The van der Waals surface area contributed by atoms with Gasteiger partial charge in [0.1, 0.15) is 6.54 Å². The fourth-order valence-electron chi connectivity index (χ4n) is 3.17. The van der Waals surface area contributed by atoms with Gasteiger partial charge in [-0.1, -0.05) is 12.8 Å². The molecule has 1 saturated carbocycles. The molecule has 6 heteroatoms. The van der Waals surface area contributed by atoms with E-state index in [0.717, 1.165) is 30.6 Å². The minimum atomic E-state index is -0.360. The maximum absolute atomic E-state index is 12.3. The molecule has 0 bridgehead atoms. The molecule has 0 spiro atoms. The van der Waals surface area contributed by atoms with Crippen molar-refractivity contribution in [3.63, 3.8) is 0 Å². The van der Waals surface area contributed by atoms with Crippen LogP contribution in [0.3, 0.4) is 0 Å². The van der Waals surface area contributed by atoms with Gasteiger partial charge in [0.25, 0.3) is 0 Å². The minimum absolute atomic E-state index is 0.186. The van der Waals surface area contributed by atoms with Crippen molar-refractivity contribution in [2.75, 3.05) is 11.9 Å². The molecule has 0 aromatic carbocycles. The number of hydrogen-bond acceptors (Lipinski definition) is 4. The SMILES string of the molecule is O=C(CN1C(=O)C2CCCCC2C1=O)Nc1ccncc1. The Hall–Kier alpha value is -2.24. The molecule has 1 saturated heterocycles. The Morgan fingerprint density at radius 1 is 1.14 bits per heavy atom. The largest absolute Gasteiger partial charge is 0.324 e. The highest BCUT2D eigenvalue weighted by molar-refractivity contribution is 6.08. The van der Waals surface area contributed by atoms with E-state index in [4.69, 9.17) is 0 Å². The number of fused-ring (bicyclic) bond motifs is 1. The molecule has 3 amide bonds. The second-order valence-corrected chi connectivity index (χ2v) is 5.54. The Morgan fingerprint density at radius 3 is 2.29 bits per heavy atom. The zero-order chi connectivity index (χ0) is 14.8. The summed E-state index contributed by atoms with van der Waals surface area (Å²) in [5, 5.41) is 2.67. The maximum Gasteiger partial charge on any atom is 0.244 e. The lowest BCUT2D eigenvalue weighted by molar-refractivity contribution is -0.142. The quantitative estimate of drug-likeness (QED) is 0.847. The maximum atomic E-state index is 12.3. The third kappa shape index (κ3) is 2.66. The van der Waals surface area contributed by atoms with Crippen molar-refractivity contribution in [3.05, 3.63) is 24.5 Å². The highest BCUT2D eigenvalue weighted by atomic mass is 16.2. The average molecular weight is 287 g/mol. The molecule has 0 radical (unpaired) electrons. The first-order chi connectivity index (χ1) is 10.2. The van der Waals surface area contributed by atoms with Crippen LogP contribution in [-0.2, 0) is 14.4 Å². The van der Waals surface area contributed by atoms with Crippen LogP contribution in [0.2, 0.25) is 0 Å². The number of carbonyl (C=O) groups is 3. The summed E-state index contributed by atoms with van der Waals surface area (Å²) in [4.78, 5) is 41.5. The number of nitrogens with one attached hydrogen (secondary N) is 1. The fourth-order valence-corrected chi connectivity index (χ4v) is 3.17. The number of hydrogen-bond donors (Lipinski definition) is 1. The molecular weight excluding hydrogens is 270 g/mol. The van der Waals surface area contributed by atoms with Gasteiger partial charge in [-0.25, -0.2) is 0 Å². The number of amides is 3. The zero-order valence-corrected chi connectivity index (χ0v) is 11.6. The summed E-state index contributed by atoms with van der Waals surface area (Å²) in [7, 11) is 0. The standard InChI is InChI=1S/C15H17N3O3/c19-13(17-10-5-7-16-8-6-10)9-18-14(20)11-3-1-2-4-12(11)15(18)21/h5-8,11-12H,1-4,9H2,(H,16,17,19). The lowest BCUT2D eigenvalue weighted by atomic mass is 9.81. The zero-order valence-electron chi connectivity index (χ0n) is 11.6. The molecule has 2 heterocycles. The predicted molar refractivity (Wildman–Crippen MR) is 75.0 cm³/mol. The van der Waals surface area contributed by atoms with E-state index in [-0.39, 0.29) is 36.1 Å². The Kier molecular flexibility index (Phi) is 3.68. The predicted octanol–water partition coefficient (Wildman–Crippen LogP) is 1.20. The molecule has 1 aromatic heterocycles. The molecule has 1 aromatic rings. The monoisotopic (exact) mass is 287 g/mol. The van der Waals surface area contributed by atoms with Crippen LogP contribution < -0.4 is 5.32 Å². The third-order valence-electron chi connectivity index (χ3n) is 4.20. The second-order valence-electron chi connectivity index (χ2n) is 5.54. The summed E-state index contributed by atoms with van der Waals surface area (Å²) in [5.41, 5.74) is 0.603. The van der Waals surface area contributed by atoms with E-state index in [9.17, 15) is 14.4 Å². The van der Waals surface area contributed by atoms with Gasteiger partial charge >= 0.3 is 0 Å². The molecular formula is C15H17N3O3. The van der Waals surface area contributed by atoms with E-state index in [1.807, 2.05) is 0 Å². The summed E-state index contributed by atoms with van der Waals surface area (Å²) in [6, 6.07) is 3.32. The van der Waals surface area contributed by atoms with Gasteiger partial charge in [-0.15, -0.1) is 0 Å². The van der Waals surface area contributed by atoms with Gasteiger partial charge in [0.2, 0.25) is 17.7 Å². The van der Waals surface area contributed by atoms with Crippen molar-refractivity contribution in [1.82, 2.24) is 9.88 Å². The van der Waals surface area contributed by atoms with E-state index < -0.39 is 0 Å². The number of aromatic nitrogens is 1. The first-order valence-electron chi connectivity index (χ1n) is 7.22. The van der Waals surface area contributed by atoms with Gasteiger partial charge in [-0.3, -0.25) is 24.3 Å². The molecule has 2 unspecified atom stereocenters. The third-order valence-corrected chi connectivity index (χ3v) is 4.20. The van der Waals surface area contributed by atoms with Crippen LogP contribution in [0, 0.1) is 11.8 Å². The van der Waals surface area contributed by atoms with Crippen LogP contribution in [-0.4, -0.2) is 34.2 Å². The van der Waals surface area contributed by atoms with Crippen LogP contribution >= 0.6 is 0 Å². The second kappa shape index (κ2) is 5.63. The fraction of sp³-hybridized carbons (Fsp3) is 0.467. The molecule has 2 fully saturated rings. The summed E-state index contributed by atoms with van der Waals surface area (Å²) in [5.74, 6) is -1.15. The number of nitrogens with zero attached hydrogens (tertiary/aromatic N) is 2. The van der Waals surface area contributed by atoms with Crippen LogP contribution in [0.5, 0.6) is 0 Å². The smallest absolute Gasteiger partial charge is 0.244 e. The molecule has 2 atom stereocenters. The highest BCUT2D eigenvalue weighted by Gasteiger charge is 2.48. The average Bonchev–Trinajstić information content (AvgIpc) is 2.74. The summed E-state index contributed by atoms with van der Waals surface area (Å²) >= 11 is 0. The minimum Gasteiger partial charge on any atom is -0.324 e. The van der Waals surface area contributed by atoms with Gasteiger partial charge in [-0.2, -0.15) is 0 Å². The number of rotatable bonds is 3.